The van der Waals surface area contributed by atoms with E-state index in [1.807, 2.05) is 32.0 Å². The number of hydrogen-bond donors (Lipinski definition) is 2. The second-order valence-corrected chi connectivity index (χ2v) is 5.18. The van der Waals surface area contributed by atoms with Gasteiger partial charge in [0.05, 0.1) is 6.54 Å². The van der Waals surface area contributed by atoms with Gasteiger partial charge in [0, 0.05) is 30.0 Å². The van der Waals surface area contributed by atoms with Crippen molar-refractivity contribution in [2.24, 2.45) is 0 Å². The van der Waals surface area contributed by atoms with Crippen molar-refractivity contribution >= 4 is 16.9 Å². The van der Waals surface area contributed by atoms with Crippen LogP contribution in [0.15, 0.2) is 28.7 Å². The first kappa shape index (κ1) is 14.6. The lowest BCUT2D eigenvalue weighted by molar-refractivity contribution is -0.120. The molecule has 1 aromatic heterocycles. The predicted molar refractivity (Wildman–Crippen MR) is 80.6 cm³/mol. The van der Waals surface area contributed by atoms with Crippen LogP contribution in [-0.2, 0) is 17.8 Å². The first-order valence-corrected chi connectivity index (χ1v) is 7.11. The van der Waals surface area contributed by atoms with Gasteiger partial charge in [0.1, 0.15) is 11.3 Å². The van der Waals surface area contributed by atoms with Crippen LogP contribution < -0.4 is 10.6 Å². The molecule has 4 nitrogen and oxygen atoms in total. The van der Waals surface area contributed by atoms with Crippen LogP contribution in [0.3, 0.4) is 0 Å². The standard InChI is InChI=1S/C16H22N2O2/c1-4-14-13(9-17-10-16(19)18-11(2)3)12-7-5-6-8-15(12)20-14/h5-8,11,17H,4,9-10H2,1-3H3,(H,18,19). The minimum atomic E-state index is 0.0193. The number of para-hydroxylation sites is 1. The van der Waals surface area contributed by atoms with E-state index in [9.17, 15) is 4.79 Å². The summed E-state index contributed by atoms with van der Waals surface area (Å²) in [6.45, 7) is 6.95. The molecule has 0 aliphatic rings. The Balaban J connectivity index is 2.04. The highest BCUT2D eigenvalue weighted by atomic mass is 16.3. The van der Waals surface area contributed by atoms with Crippen LogP contribution in [0.4, 0.5) is 0 Å². The summed E-state index contributed by atoms with van der Waals surface area (Å²) in [5.41, 5.74) is 2.06. The molecular weight excluding hydrogens is 252 g/mol. The van der Waals surface area contributed by atoms with Crippen molar-refractivity contribution in [3.8, 4) is 0 Å². The van der Waals surface area contributed by atoms with Crippen molar-refractivity contribution in [1.29, 1.82) is 0 Å². The van der Waals surface area contributed by atoms with E-state index >= 15 is 0 Å². The Kier molecular flexibility index (Phi) is 4.79. The van der Waals surface area contributed by atoms with E-state index in [1.54, 1.807) is 0 Å². The van der Waals surface area contributed by atoms with Crippen LogP contribution in [0.2, 0.25) is 0 Å². The molecule has 0 radical (unpaired) electrons. The summed E-state index contributed by atoms with van der Waals surface area (Å²) in [5.74, 6) is 1.01. The molecular formula is C16H22N2O2. The van der Waals surface area contributed by atoms with E-state index in [0.717, 1.165) is 28.7 Å². The Morgan fingerprint density at radius 3 is 2.75 bits per heavy atom. The van der Waals surface area contributed by atoms with E-state index in [-0.39, 0.29) is 11.9 Å². The number of amides is 1. The van der Waals surface area contributed by atoms with Gasteiger partial charge in [-0.2, -0.15) is 0 Å². The van der Waals surface area contributed by atoms with Crippen molar-refractivity contribution in [3.05, 3.63) is 35.6 Å². The summed E-state index contributed by atoms with van der Waals surface area (Å²) in [4.78, 5) is 11.6. The highest BCUT2D eigenvalue weighted by Crippen LogP contribution is 2.25. The Bertz CT molecular complexity index is 587. The Morgan fingerprint density at radius 2 is 2.05 bits per heavy atom. The number of nitrogens with one attached hydrogen (secondary N) is 2. The van der Waals surface area contributed by atoms with Crippen molar-refractivity contribution < 1.29 is 9.21 Å². The Hall–Kier alpha value is -1.81. The highest BCUT2D eigenvalue weighted by molar-refractivity contribution is 5.82. The van der Waals surface area contributed by atoms with E-state index in [4.69, 9.17) is 4.42 Å². The maximum absolute atomic E-state index is 11.6. The zero-order valence-electron chi connectivity index (χ0n) is 12.3. The van der Waals surface area contributed by atoms with E-state index < -0.39 is 0 Å². The van der Waals surface area contributed by atoms with E-state index in [1.165, 1.54) is 0 Å². The number of aryl methyl sites for hydroxylation is 1. The fraction of sp³-hybridized carbons (Fsp3) is 0.438. The number of hydrogen-bond acceptors (Lipinski definition) is 3. The normalized spacial score (nSPS) is 11.2. The molecule has 0 aliphatic heterocycles. The number of carbonyl (C=O) groups is 1. The highest BCUT2D eigenvalue weighted by Gasteiger charge is 2.12. The molecule has 20 heavy (non-hydrogen) atoms. The number of furan rings is 1. The lowest BCUT2D eigenvalue weighted by Gasteiger charge is -2.09. The fourth-order valence-corrected chi connectivity index (χ4v) is 2.30. The van der Waals surface area contributed by atoms with Gasteiger partial charge in [0.15, 0.2) is 0 Å². The van der Waals surface area contributed by atoms with Crippen molar-refractivity contribution in [3.63, 3.8) is 0 Å². The molecule has 0 fully saturated rings. The third kappa shape index (κ3) is 3.39. The molecule has 1 amide bonds. The molecule has 0 spiro atoms. The van der Waals surface area contributed by atoms with Gasteiger partial charge in [0.2, 0.25) is 5.91 Å². The minimum absolute atomic E-state index is 0.0193. The third-order valence-corrected chi connectivity index (χ3v) is 3.14. The number of rotatable bonds is 6. The first-order valence-electron chi connectivity index (χ1n) is 7.11. The molecule has 1 heterocycles. The molecule has 0 atom stereocenters. The maximum atomic E-state index is 11.6. The predicted octanol–water partition coefficient (Wildman–Crippen LogP) is 2.61. The van der Waals surface area contributed by atoms with Gasteiger partial charge in [-0.15, -0.1) is 0 Å². The van der Waals surface area contributed by atoms with Crippen LogP contribution in [0.25, 0.3) is 11.0 Å². The van der Waals surface area contributed by atoms with Gasteiger partial charge < -0.3 is 15.1 Å². The average Bonchev–Trinajstić information content (AvgIpc) is 2.76. The number of carbonyl (C=O) groups excluding carboxylic acids is 1. The molecule has 1 aromatic carbocycles. The molecule has 0 saturated carbocycles. The fourth-order valence-electron chi connectivity index (χ4n) is 2.30. The van der Waals surface area contributed by atoms with E-state index in [2.05, 4.69) is 23.6 Å². The minimum Gasteiger partial charge on any atom is -0.461 e. The number of benzene rings is 1. The van der Waals surface area contributed by atoms with Gasteiger partial charge >= 0.3 is 0 Å². The summed E-state index contributed by atoms with van der Waals surface area (Å²) in [6, 6.07) is 8.18. The lowest BCUT2D eigenvalue weighted by atomic mass is 10.1. The van der Waals surface area contributed by atoms with Gasteiger partial charge in [-0.1, -0.05) is 25.1 Å². The van der Waals surface area contributed by atoms with Crippen molar-refractivity contribution in [2.45, 2.75) is 39.8 Å². The summed E-state index contributed by atoms with van der Waals surface area (Å²) in [5, 5.41) is 7.18. The monoisotopic (exact) mass is 274 g/mol. The third-order valence-electron chi connectivity index (χ3n) is 3.14. The van der Waals surface area contributed by atoms with Crippen molar-refractivity contribution in [1.82, 2.24) is 10.6 Å². The van der Waals surface area contributed by atoms with Gasteiger partial charge in [0.25, 0.3) is 0 Å². The summed E-state index contributed by atoms with van der Waals surface area (Å²) >= 11 is 0. The zero-order chi connectivity index (χ0) is 14.5. The van der Waals surface area contributed by atoms with Gasteiger partial charge in [-0.25, -0.2) is 0 Å². The molecule has 4 heteroatoms. The summed E-state index contributed by atoms with van der Waals surface area (Å²) < 4.78 is 5.83. The summed E-state index contributed by atoms with van der Waals surface area (Å²) in [6.07, 6.45) is 0.851. The molecule has 2 N–H and O–H groups in total. The second kappa shape index (κ2) is 6.57. The SMILES string of the molecule is CCc1oc2ccccc2c1CNCC(=O)NC(C)C. The lowest BCUT2D eigenvalue weighted by Crippen LogP contribution is -2.37. The Morgan fingerprint density at radius 1 is 1.30 bits per heavy atom. The smallest absolute Gasteiger partial charge is 0.234 e. The first-order chi connectivity index (χ1) is 9.61. The quantitative estimate of drug-likeness (QED) is 0.851. The average molecular weight is 274 g/mol. The van der Waals surface area contributed by atoms with Crippen LogP contribution in [-0.4, -0.2) is 18.5 Å². The van der Waals surface area contributed by atoms with Crippen molar-refractivity contribution in [2.75, 3.05) is 6.54 Å². The van der Waals surface area contributed by atoms with Gasteiger partial charge in [-0.05, 0) is 19.9 Å². The van der Waals surface area contributed by atoms with Crippen LogP contribution >= 0.6 is 0 Å². The topological polar surface area (TPSA) is 54.3 Å². The summed E-state index contributed by atoms with van der Waals surface area (Å²) in [7, 11) is 0. The molecule has 2 aromatic rings. The molecule has 0 unspecified atom stereocenters. The second-order valence-electron chi connectivity index (χ2n) is 5.18. The molecule has 0 bridgehead atoms. The number of fused-ring (bicyclic) bond motifs is 1. The zero-order valence-corrected chi connectivity index (χ0v) is 12.3. The molecule has 2 rings (SSSR count). The molecule has 108 valence electrons. The maximum Gasteiger partial charge on any atom is 0.234 e. The van der Waals surface area contributed by atoms with Crippen LogP contribution in [0.1, 0.15) is 32.1 Å². The van der Waals surface area contributed by atoms with Gasteiger partial charge in [-0.3, -0.25) is 4.79 Å². The Labute approximate surface area is 119 Å². The molecule has 0 saturated heterocycles. The van der Waals surface area contributed by atoms with Crippen LogP contribution in [0, 0.1) is 0 Å². The van der Waals surface area contributed by atoms with Crippen LogP contribution in [0.5, 0.6) is 0 Å². The largest absolute Gasteiger partial charge is 0.461 e. The van der Waals surface area contributed by atoms with E-state index in [0.29, 0.717) is 13.1 Å². The molecule has 0 aliphatic carbocycles.